The highest BCUT2D eigenvalue weighted by Crippen LogP contribution is 2.23. The van der Waals surface area contributed by atoms with Gasteiger partial charge < -0.3 is 9.80 Å². The van der Waals surface area contributed by atoms with Gasteiger partial charge in [-0.1, -0.05) is 12.1 Å². The van der Waals surface area contributed by atoms with Crippen LogP contribution < -0.4 is 0 Å². The predicted molar refractivity (Wildman–Crippen MR) is 101 cm³/mol. The first-order chi connectivity index (χ1) is 12.5. The molecule has 0 bridgehead atoms. The van der Waals surface area contributed by atoms with Crippen LogP contribution in [0.5, 0.6) is 0 Å². The fourth-order valence-electron chi connectivity index (χ4n) is 3.39. The van der Waals surface area contributed by atoms with Crippen LogP contribution in [0.25, 0.3) is 0 Å². The number of rotatable bonds is 4. The third-order valence-electron chi connectivity index (χ3n) is 4.94. The molecule has 1 fully saturated rings. The van der Waals surface area contributed by atoms with E-state index in [0.717, 1.165) is 37.9 Å². The first-order valence-electron chi connectivity index (χ1n) is 9.04. The molecule has 1 saturated heterocycles. The maximum absolute atomic E-state index is 12.5. The second-order valence-electron chi connectivity index (χ2n) is 7.08. The first-order valence-corrected chi connectivity index (χ1v) is 9.04. The Bertz CT molecular complexity index is 749. The molecule has 1 aliphatic rings. The van der Waals surface area contributed by atoms with Gasteiger partial charge in [-0.2, -0.15) is 0 Å². The number of hydrogen-bond acceptors (Lipinski definition) is 3. The lowest BCUT2D eigenvalue weighted by Crippen LogP contribution is -2.38. The Hall–Kier alpha value is -2.69. The van der Waals surface area contributed by atoms with Crippen molar-refractivity contribution in [1.29, 1.82) is 0 Å². The molecule has 2 heterocycles. The number of likely N-dealkylation sites (tertiary alicyclic amines) is 1. The van der Waals surface area contributed by atoms with Crippen LogP contribution in [0.3, 0.4) is 0 Å². The van der Waals surface area contributed by atoms with Crippen LogP contribution in [-0.2, 0) is 6.42 Å². The van der Waals surface area contributed by atoms with Crippen LogP contribution in [0.2, 0.25) is 0 Å². The molecule has 0 N–H and O–H groups in total. The molecule has 1 aromatic heterocycles. The summed E-state index contributed by atoms with van der Waals surface area (Å²) in [6, 6.07) is 11.5. The summed E-state index contributed by atoms with van der Waals surface area (Å²) >= 11 is 0. The second kappa shape index (κ2) is 8.13. The van der Waals surface area contributed by atoms with Crippen molar-refractivity contribution >= 4 is 11.8 Å². The van der Waals surface area contributed by atoms with Gasteiger partial charge >= 0.3 is 0 Å². The van der Waals surface area contributed by atoms with E-state index in [1.807, 2.05) is 35.2 Å². The van der Waals surface area contributed by atoms with Gasteiger partial charge in [0.05, 0.1) is 5.56 Å². The minimum Gasteiger partial charge on any atom is -0.345 e. The van der Waals surface area contributed by atoms with Gasteiger partial charge in [-0.05, 0) is 55.0 Å². The topological polar surface area (TPSA) is 53.5 Å². The fourth-order valence-corrected chi connectivity index (χ4v) is 3.39. The van der Waals surface area contributed by atoms with Crippen LogP contribution in [0, 0.1) is 5.92 Å². The highest BCUT2D eigenvalue weighted by atomic mass is 16.2. The highest BCUT2D eigenvalue weighted by Gasteiger charge is 2.24. The van der Waals surface area contributed by atoms with Gasteiger partial charge in [-0.3, -0.25) is 14.6 Å². The van der Waals surface area contributed by atoms with Crippen molar-refractivity contribution in [3.05, 3.63) is 65.5 Å². The number of benzene rings is 1. The van der Waals surface area contributed by atoms with Gasteiger partial charge in [0.25, 0.3) is 11.8 Å². The van der Waals surface area contributed by atoms with Crippen molar-refractivity contribution in [2.45, 2.75) is 19.3 Å². The van der Waals surface area contributed by atoms with Crippen molar-refractivity contribution < 1.29 is 9.59 Å². The fraction of sp³-hybridized carbons (Fsp3) is 0.381. The van der Waals surface area contributed by atoms with Crippen LogP contribution in [-0.4, -0.2) is 53.8 Å². The number of nitrogens with zero attached hydrogens (tertiary/aromatic N) is 3. The summed E-state index contributed by atoms with van der Waals surface area (Å²) in [4.78, 5) is 32.0. The van der Waals surface area contributed by atoms with E-state index >= 15 is 0 Å². The molecule has 0 saturated carbocycles. The third kappa shape index (κ3) is 4.28. The van der Waals surface area contributed by atoms with E-state index in [9.17, 15) is 9.59 Å². The van der Waals surface area contributed by atoms with Crippen molar-refractivity contribution in [3.8, 4) is 0 Å². The zero-order chi connectivity index (χ0) is 18.5. The lowest BCUT2D eigenvalue weighted by Gasteiger charge is -2.32. The Morgan fingerprint density at radius 1 is 1.08 bits per heavy atom. The largest absolute Gasteiger partial charge is 0.345 e. The maximum Gasteiger partial charge on any atom is 0.255 e. The van der Waals surface area contributed by atoms with Gasteiger partial charge in [-0.25, -0.2) is 0 Å². The maximum atomic E-state index is 12.5. The monoisotopic (exact) mass is 351 g/mol. The van der Waals surface area contributed by atoms with Gasteiger partial charge in [-0.15, -0.1) is 0 Å². The average Bonchev–Trinajstić information content (AvgIpc) is 2.68. The Morgan fingerprint density at radius 3 is 2.35 bits per heavy atom. The Balaban J connectivity index is 1.53. The molecule has 3 rings (SSSR count). The number of carbonyl (C=O) groups excluding carboxylic acids is 2. The number of piperidine rings is 1. The SMILES string of the molecule is CN(C)C(=O)c1ccc(CC2CCN(C(=O)c3cccnc3)CC2)cc1. The molecular formula is C21H25N3O2. The average molecular weight is 351 g/mol. The van der Waals surface area contributed by atoms with Gasteiger partial charge in [0, 0.05) is 45.1 Å². The van der Waals surface area contributed by atoms with Crippen LogP contribution in [0.4, 0.5) is 0 Å². The summed E-state index contributed by atoms with van der Waals surface area (Å²) < 4.78 is 0. The molecule has 0 atom stereocenters. The normalized spacial score (nSPS) is 14.9. The zero-order valence-corrected chi connectivity index (χ0v) is 15.4. The van der Waals surface area contributed by atoms with E-state index in [1.54, 1.807) is 37.5 Å². The van der Waals surface area contributed by atoms with Crippen molar-refractivity contribution in [1.82, 2.24) is 14.8 Å². The predicted octanol–water partition coefficient (Wildman–Crippen LogP) is 2.88. The molecule has 1 aromatic carbocycles. The molecule has 2 aromatic rings. The molecule has 5 heteroatoms. The lowest BCUT2D eigenvalue weighted by molar-refractivity contribution is 0.0690. The quantitative estimate of drug-likeness (QED) is 0.851. The van der Waals surface area contributed by atoms with Gasteiger partial charge in [0.2, 0.25) is 0 Å². The Labute approximate surface area is 154 Å². The summed E-state index contributed by atoms with van der Waals surface area (Å²) in [5.74, 6) is 0.672. The molecule has 1 aliphatic heterocycles. The Morgan fingerprint density at radius 2 is 1.77 bits per heavy atom. The van der Waals surface area contributed by atoms with Crippen LogP contribution in [0.1, 0.15) is 39.1 Å². The number of aromatic nitrogens is 1. The standard InChI is InChI=1S/C21H25N3O2/c1-23(2)20(25)18-7-5-16(6-8-18)14-17-9-12-24(13-10-17)21(26)19-4-3-11-22-15-19/h3-8,11,15,17H,9-10,12-14H2,1-2H3. The second-order valence-corrected chi connectivity index (χ2v) is 7.08. The highest BCUT2D eigenvalue weighted by molar-refractivity contribution is 5.94. The molecule has 5 nitrogen and oxygen atoms in total. The minimum atomic E-state index is 0.0266. The molecular weight excluding hydrogens is 326 g/mol. The van der Waals surface area contributed by atoms with E-state index in [0.29, 0.717) is 11.5 Å². The van der Waals surface area contributed by atoms with Crippen LogP contribution >= 0.6 is 0 Å². The van der Waals surface area contributed by atoms with E-state index in [2.05, 4.69) is 4.98 Å². The number of hydrogen-bond donors (Lipinski definition) is 0. The lowest BCUT2D eigenvalue weighted by atomic mass is 9.89. The van der Waals surface area contributed by atoms with Crippen LogP contribution in [0.15, 0.2) is 48.8 Å². The first kappa shape index (κ1) is 18.1. The number of amides is 2. The van der Waals surface area contributed by atoms with E-state index in [1.165, 1.54) is 5.56 Å². The van der Waals surface area contributed by atoms with E-state index < -0.39 is 0 Å². The smallest absolute Gasteiger partial charge is 0.255 e. The van der Waals surface area contributed by atoms with Crippen molar-refractivity contribution in [2.24, 2.45) is 5.92 Å². The molecule has 0 unspecified atom stereocenters. The molecule has 136 valence electrons. The molecule has 0 spiro atoms. The zero-order valence-electron chi connectivity index (χ0n) is 15.4. The summed E-state index contributed by atoms with van der Waals surface area (Å²) in [6.45, 7) is 1.57. The summed E-state index contributed by atoms with van der Waals surface area (Å²) in [7, 11) is 3.52. The summed E-state index contributed by atoms with van der Waals surface area (Å²) in [5, 5.41) is 0. The minimum absolute atomic E-state index is 0.0266. The molecule has 0 aliphatic carbocycles. The molecule has 2 amide bonds. The molecule has 26 heavy (non-hydrogen) atoms. The third-order valence-corrected chi connectivity index (χ3v) is 4.94. The number of carbonyl (C=O) groups is 2. The van der Waals surface area contributed by atoms with Gasteiger partial charge in [0.1, 0.15) is 0 Å². The summed E-state index contributed by atoms with van der Waals surface area (Å²) in [5.41, 5.74) is 2.63. The van der Waals surface area contributed by atoms with Crippen molar-refractivity contribution in [2.75, 3.05) is 27.2 Å². The van der Waals surface area contributed by atoms with Crippen molar-refractivity contribution in [3.63, 3.8) is 0 Å². The Kier molecular flexibility index (Phi) is 5.66. The molecule has 0 radical (unpaired) electrons. The van der Waals surface area contributed by atoms with E-state index in [4.69, 9.17) is 0 Å². The summed E-state index contributed by atoms with van der Waals surface area (Å²) in [6.07, 6.45) is 6.31. The number of pyridine rings is 1. The van der Waals surface area contributed by atoms with Gasteiger partial charge in [0.15, 0.2) is 0 Å². The van der Waals surface area contributed by atoms with E-state index in [-0.39, 0.29) is 11.8 Å².